The molecule has 0 unspecified atom stereocenters. The molecule has 1 N–H and O–H groups in total. The van der Waals surface area contributed by atoms with Crippen molar-refractivity contribution in [2.45, 2.75) is 24.7 Å². The van der Waals surface area contributed by atoms with Crippen LogP contribution < -0.4 is 9.62 Å². The molecule has 6 heteroatoms. The van der Waals surface area contributed by atoms with E-state index in [0.29, 0.717) is 10.6 Å². The van der Waals surface area contributed by atoms with E-state index in [2.05, 4.69) is 14.6 Å². The molecule has 1 aromatic heterocycles. The molecule has 0 amide bonds. The molecule has 0 saturated carbocycles. The molecule has 1 aliphatic heterocycles. The van der Waals surface area contributed by atoms with Gasteiger partial charge in [-0.05, 0) is 43.5 Å². The number of benzene rings is 1. The Morgan fingerprint density at radius 1 is 1.09 bits per heavy atom. The molecule has 1 fully saturated rings. The maximum absolute atomic E-state index is 12.4. The zero-order valence-corrected chi connectivity index (χ0v) is 13.3. The van der Waals surface area contributed by atoms with Gasteiger partial charge in [-0.1, -0.05) is 18.2 Å². The smallest absolute Gasteiger partial charge is 0.262 e. The summed E-state index contributed by atoms with van der Waals surface area (Å²) >= 11 is 0. The second-order valence-corrected chi connectivity index (χ2v) is 7.12. The molecule has 0 bridgehead atoms. The Labute approximate surface area is 131 Å². The predicted molar refractivity (Wildman–Crippen MR) is 87.7 cm³/mol. The van der Waals surface area contributed by atoms with Crippen LogP contribution in [-0.2, 0) is 10.0 Å². The molecule has 116 valence electrons. The lowest BCUT2D eigenvalue weighted by Crippen LogP contribution is -2.19. The minimum atomic E-state index is -3.58. The summed E-state index contributed by atoms with van der Waals surface area (Å²) in [5.74, 6) is 0.899. The van der Waals surface area contributed by atoms with Crippen molar-refractivity contribution in [3.8, 4) is 0 Å². The standard InChI is InChI=1S/C16H19N3O2S/c1-13-6-2-3-7-15(13)22(20,21)18-14-8-9-16(17-12-14)19-10-4-5-11-19/h2-3,6-9,12,18H,4-5,10-11H2,1H3. The second kappa shape index (κ2) is 5.96. The summed E-state index contributed by atoms with van der Waals surface area (Å²) in [4.78, 5) is 6.86. The Bertz CT molecular complexity index is 751. The highest BCUT2D eigenvalue weighted by Crippen LogP contribution is 2.22. The van der Waals surface area contributed by atoms with Gasteiger partial charge in [0.1, 0.15) is 5.82 Å². The highest BCUT2D eigenvalue weighted by molar-refractivity contribution is 7.92. The van der Waals surface area contributed by atoms with Crippen LogP contribution in [0.5, 0.6) is 0 Å². The molecule has 0 atom stereocenters. The zero-order chi connectivity index (χ0) is 15.6. The highest BCUT2D eigenvalue weighted by Gasteiger charge is 2.17. The maximum Gasteiger partial charge on any atom is 0.262 e. The minimum Gasteiger partial charge on any atom is -0.357 e. The highest BCUT2D eigenvalue weighted by atomic mass is 32.2. The molecule has 1 aromatic carbocycles. The van der Waals surface area contributed by atoms with Crippen molar-refractivity contribution in [2.75, 3.05) is 22.7 Å². The van der Waals surface area contributed by atoms with Gasteiger partial charge in [-0.3, -0.25) is 4.72 Å². The van der Waals surface area contributed by atoms with E-state index in [9.17, 15) is 8.42 Å². The molecule has 5 nitrogen and oxygen atoms in total. The normalized spacial score (nSPS) is 15.0. The van der Waals surface area contributed by atoms with E-state index in [0.717, 1.165) is 24.5 Å². The van der Waals surface area contributed by atoms with Crippen LogP contribution in [0.2, 0.25) is 0 Å². The number of nitrogens with one attached hydrogen (secondary N) is 1. The third-order valence-electron chi connectivity index (χ3n) is 3.81. The third kappa shape index (κ3) is 3.06. The lowest BCUT2D eigenvalue weighted by Gasteiger charge is -2.16. The van der Waals surface area contributed by atoms with Gasteiger partial charge in [0.15, 0.2) is 0 Å². The van der Waals surface area contributed by atoms with Gasteiger partial charge in [0.25, 0.3) is 10.0 Å². The number of sulfonamides is 1. The first kappa shape index (κ1) is 14.8. The number of aromatic nitrogens is 1. The number of rotatable bonds is 4. The minimum absolute atomic E-state index is 0.290. The molecule has 1 saturated heterocycles. The zero-order valence-electron chi connectivity index (χ0n) is 12.5. The van der Waals surface area contributed by atoms with E-state index >= 15 is 0 Å². The quantitative estimate of drug-likeness (QED) is 0.942. The molecule has 3 rings (SSSR count). The van der Waals surface area contributed by atoms with Gasteiger partial charge in [0.2, 0.25) is 0 Å². The topological polar surface area (TPSA) is 62.3 Å². The van der Waals surface area contributed by atoms with E-state index in [4.69, 9.17) is 0 Å². The molecule has 2 heterocycles. The average Bonchev–Trinajstić information content (AvgIpc) is 3.02. The Morgan fingerprint density at radius 3 is 2.45 bits per heavy atom. The number of aryl methyl sites for hydroxylation is 1. The van der Waals surface area contributed by atoms with Crippen LogP contribution >= 0.6 is 0 Å². The summed E-state index contributed by atoms with van der Waals surface area (Å²) in [6.07, 6.45) is 3.94. The third-order valence-corrected chi connectivity index (χ3v) is 5.35. The average molecular weight is 317 g/mol. The van der Waals surface area contributed by atoms with Crippen LogP contribution in [0.3, 0.4) is 0 Å². The van der Waals surface area contributed by atoms with Gasteiger partial charge in [-0.25, -0.2) is 13.4 Å². The van der Waals surface area contributed by atoms with Crippen LogP contribution in [0.4, 0.5) is 11.5 Å². The van der Waals surface area contributed by atoms with Crippen LogP contribution in [-0.4, -0.2) is 26.5 Å². The van der Waals surface area contributed by atoms with Crippen LogP contribution in [0.15, 0.2) is 47.5 Å². The number of hydrogen-bond acceptors (Lipinski definition) is 4. The fraction of sp³-hybridized carbons (Fsp3) is 0.312. The van der Waals surface area contributed by atoms with E-state index in [1.165, 1.54) is 12.8 Å². The van der Waals surface area contributed by atoms with Gasteiger partial charge in [-0.15, -0.1) is 0 Å². The molecule has 22 heavy (non-hydrogen) atoms. The molecule has 0 aliphatic carbocycles. The van der Waals surface area contributed by atoms with Crippen LogP contribution in [0.25, 0.3) is 0 Å². The fourth-order valence-electron chi connectivity index (χ4n) is 2.65. The largest absolute Gasteiger partial charge is 0.357 e. The van der Waals surface area contributed by atoms with Gasteiger partial charge in [0.05, 0.1) is 16.8 Å². The van der Waals surface area contributed by atoms with Crippen molar-refractivity contribution in [2.24, 2.45) is 0 Å². The summed E-state index contributed by atoms with van der Waals surface area (Å²) in [5, 5.41) is 0. The molecular weight excluding hydrogens is 298 g/mol. The summed E-state index contributed by atoms with van der Waals surface area (Å²) < 4.78 is 27.4. The maximum atomic E-state index is 12.4. The van der Waals surface area contributed by atoms with Crippen molar-refractivity contribution in [3.63, 3.8) is 0 Å². The Kier molecular flexibility index (Phi) is 4.02. The number of nitrogens with zero attached hydrogens (tertiary/aromatic N) is 2. The summed E-state index contributed by atoms with van der Waals surface area (Å²) in [6.45, 7) is 3.81. The van der Waals surface area contributed by atoms with E-state index < -0.39 is 10.0 Å². The number of anilines is 2. The SMILES string of the molecule is Cc1ccccc1S(=O)(=O)Nc1ccc(N2CCCC2)nc1. The first-order chi connectivity index (χ1) is 10.6. The van der Waals surface area contributed by atoms with Crippen molar-refractivity contribution < 1.29 is 8.42 Å². The van der Waals surface area contributed by atoms with Crippen molar-refractivity contribution in [1.29, 1.82) is 0 Å². The lowest BCUT2D eigenvalue weighted by molar-refractivity contribution is 0.600. The molecule has 1 aliphatic rings. The van der Waals surface area contributed by atoms with Crippen molar-refractivity contribution >= 4 is 21.5 Å². The van der Waals surface area contributed by atoms with Crippen LogP contribution in [0.1, 0.15) is 18.4 Å². The van der Waals surface area contributed by atoms with E-state index in [1.54, 1.807) is 37.4 Å². The predicted octanol–water partition coefficient (Wildman–Crippen LogP) is 2.79. The molecule has 0 spiro atoms. The van der Waals surface area contributed by atoms with Gasteiger partial charge >= 0.3 is 0 Å². The summed E-state index contributed by atoms with van der Waals surface area (Å²) in [5.41, 5.74) is 1.20. The molecule has 0 radical (unpaired) electrons. The first-order valence-corrected chi connectivity index (χ1v) is 8.84. The lowest BCUT2D eigenvalue weighted by atomic mass is 10.2. The van der Waals surface area contributed by atoms with Gasteiger partial charge < -0.3 is 4.90 Å². The monoisotopic (exact) mass is 317 g/mol. The van der Waals surface area contributed by atoms with Crippen LogP contribution in [0, 0.1) is 6.92 Å². The van der Waals surface area contributed by atoms with E-state index in [-0.39, 0.29) is 0 Å². The Morgan fingerprint density at radius 2 is 1.82 bits per heavy atom. The van der Waals surface area contributed by atoms with Gasteiger partial charge in [0, 0.05) is 13.1 Å². The second-order valence-electron chi connectivity index (χ2n) is 5.47. The van der Waals surface area contributed by atoms with Crippen molar-refractivity contribution in [3.05, 3.63) is 48.2 Å². The van der Waals surface area contributed by atoms with Crippen molar-refractivity contribution in [1.82, 2.24) is 4.98 Å². The molecule has 2 aromatic rings. The summed E-state index contributed by atoms with van der Waals surface area (Å²) in [6, 6.07) is 10.5. The first-order valence-electron chi connectivity index (χ1n) is 7.36. The van der Waals surface area contributed by atoms with Gasteiger partial charge in [-0.2, -0.15) is 0 Å². The van der Waals surface area contributed by atoms with E-state index in [1.807, 2.05) is 12.1 Å². The summed E-state index contributed by atoms with van der Waals surface area (Å²) in [7, 11) is -3.58. The molecular formula is C16H19N3O2S. The Balaban J connectivity index is 1.79. The number of hydrogen-bond donors (Lipinski definition) is 1. The Hall–Kier alpha value is -2.08. The fourth-order valence-corrected chi connectivity index (χ4v) is 3.94. The number of pyridine rings is 1.